The van der Waals surface area contributed by atoms with Gasteiger partial charge in [0.15, 0.2) is 6.29 Å². The fourth-order valence-corrected chi connectivity index (χ4v) is 2.58. The highest BCUT2D eigenvalue weighted by atomic mass is 16.7. The van der Waals surface area contributed by atoms with Crippen LogP contribution in [0.3, 0.4) is 0 Å². The molecule has 1 aromatic carbocycles. The Morgan fingerprint density at radius 2 is 2.11 bits per heavy atom. The van der Waals surface area contributed by atoms with Crippen molar-refractivity contribution in [3.63, 3.8) is 0 Å². The third-order valence-electron chi connectivity index (χ3n) is 3.61. The highest BCUT2D eigenvalue weighted by Crippen LogP contribution is 2.29. The standard InChI is InChI=1S/C14H18N2O3/c15-8-10-6-13(17)16(9-10)12-3-1-2-11(7-12)14-18-4-5-19-14/h1-3,7,10,14H,4-6,8-9,15H2. The molecule has 0 aromatic heterocycles. The third kappa shape index (κ3) is 2.49. The molecule has 19 heavy (non-hydrogen) atoms. The van der Waals surface area contributed by atoms with Crippen molar-refractivity contribution in [1.29, 1.82) is 0 Å². The number of carbonyl (C=O) groups excluding carboxylic acids is 1. The molecule has 2 fully saturated rings. The van der Waals surface area contributed by atoms with E-state index < -0.39 is 0 Å². The zero-order valence-electron chi connectivity index (χ0n) is 10.7. The van der Waals surface area contributed by atoms with Crippen molar-refractivity contribution in [2.75, 3.05) is 31.2 Å². The molecule has 1 unspecified atom stereocenters. The van der Waals surface area contributed by atoms with Crippen LogP contribution in [-0.4, -0.2) is 32.2 Å². The molecule has 2 heterocycles. The number of ether oxygens (including phenoxy) is 2. The van der Waals surface area contributed by atoms with Crippen molar-refractivity contribution in [3.05, 3.63) is 29.8 Å². The van der Waals surface area contributed by atoms with Gasteiger partial charge in [0.25, 0.3) is 0 Å². The van der Waals surface area contributed by atoms with Crippen LogP contribution in [-0.2, 0) is 14.3 Å². The van der Waals surface area contributed by atoms with Crippen molar-refractivity contribution in [3.8, 4) is 0 Å². The summed E-state index contributed by atoms with van der Waals surface area (Å²) in [6.07, 6.45) is 0.236. The molecule has 0 saturated carbocycles. The van der Waals surface area contributed by atoms with E-state index in [1.54, 1.807) is 4.90 Å². The number of benzene rings is 1. The number of nitrogens with two attached hydrogens (primary N) is 1. The third-order valence-corrected chi connectivity index (χ3v) is 3.61. The predicted molar refractivity (Wildman–Crippen MR) is 70.6 cm³/mol. The van der Waals surface area contributed by atoms with E-state index in [-0.39, 0.29) is 18.1 Å². The van der Waals surface area contributed by atoms with Crippen LogP contribution in [0, 0.1) is 5.92 Å². The number of anilines is 1. The molecular weight excluding hydrogens is 244 g/mol. The fourth-order valence-electron chi connectivity index (χ4n) is 2.58. The number of nitrogens with zero attached hydrogens (tertiary/aromatic N) is 1. The normalized spacial score (nSPS) is 24.4. The van der Waals surface area contributed by atoms with Crippen LogP contribution < -0.4 is 10.6 Å². The molecule has 2 aliphatic rings. The Morgan fingerprint density at radius 3 is 2.79 bits per heavy atom. The van der Waals surface area contributed by atoms with Gasteiger partial charge in [-0.1, -0.05) is 12.1 Å². The SMILES string of the molecule is NCC1CC(=O)N(c2cccc(C3OCCO3)c2)C1. The maximum atomic E-state index is 12.0. The summed E-state index contributed by atoms with van der Waals surface area (Å²) in [4.78, 5) is 13.8. The molecule has 0 radical (unpaired) electrons. The number of hydrogen-bond acceptors (Lipinski definition) is 4. The van der Waals surface area contributed by atoms with Crippen molar-refractivity contribution in [2.24, 2.45) is 11.7 Å². The average molecular weight is 262 g/mol. The van der Waals surface area contributed by atoms with Gasteiger partial charge in [0, 0.05) is 24.2 Å². The summed E-state index contributed by atoms with van der Waals surface area (Å²) in [6.45, 7) is 2.49. The molecule has 0 spiro atoms. The summed E-state index contributed by atoms with van der Waals surface area (Å²) in [7, 11) is 0. The molecular formula is C14H18N2O3. The smallest absolute Gasteiger partial charge is 0.227 e. The van der Waals surface area contributed by atoms with E-state index in [1.807, 2.05) is 24.3 Å². The van der Waals surface area contributed by atoms with Crippen LogP contribution in [0.15, 0.2) is 24.3 Å². The molecule has 102 valence electrons. The Kier molecular flexibility index (Phi) is 3.50. The molecule has 1 aromatic rings. The second-order valence-corrected chi connectivity index (χ2v) is 4.98. The maximum absolute atomic E-state index is 12.0. The number of rotatable bonds is 3. The van der Waals surface area contributed by atoms with Crippen molar-refractivity contribution in [2.45, 2.75) is 12.7 Å². The molecule has 5 nitrogen and oxygen atoms in total. The van der Waals surface area contributed by atoms with Crippen LogP contribution in [0.1, 0.15) is 18.3 Å². The van der Waals surface area contributed by atoms with Crippen molar-refractivity contribution < 1.29 is 14.3 Å². The minimum Gasteiger partial charge on any atom is -0.346 e. The van der Waals surface area contributed by atoms with E-state index in [4.69, 9.17) is 15.2 Å². The highest BCUT2D eigenvalue weighted by Gasteiger charge is 2.30. The lowest BCUT2D eigenvalue weighted by molar-refractivity contribution is -0.117. The molecule has 3 rings (SSSR count). The summed E-state index contributed by atoms with van der Waals surface area (Å²) < 4.78 is 11.0. The summed E-state index contributed by atoms with van der Waals surface area (Å²) in [5, 5.41) is 0. The van der Waals surface area contributed by atoms with Gasteiger partial charge >= 0.3 is 0 Å². The van der Waals surface area contributed by atoms with Gasteiger partial charge in [0.05, 0.1) is 13.2 Å². The Morgan fingerprint density at radius 1 is 1.32 bits per heavy atom. The lowest BCUT2D eigenvalue weighted by Gasteiger charge is -2.18. The quantitative estimate of drug-likeness (QED) is 0.884. The first-order chi connectivity index (χ1) is 9.28. The predicted octanol–water partition coefficient (Wildman–Crippen LogP) is 1.04. The highest BCUT2D eigenvalue weighted by molar-refractivity contribution is 5.95. The summed E-state index contributed by atoms with van der Waals surface area (Å²) in [5.74, 6) is 0.399. The molecule has 0 bridgehead atoms. The Bertz CT molecular complexity index is 472. The van der Waals surface area contributed by atoms with Crippen LogP contribution in [0.5, 0.6) is 0 Å². The first kappa shape index (κ1) is 12.6. The largest absolute Gasteiger partial charge is 0.346 e. The number of amides is 1. The zero-order chi connectivity index (χ0) is 13.2. The topological polar surface area (TPSA) is 64.8 Å². The molecule has 2 aliphatic heterocycles. The minimum absolute atomic E-state index is 0.140. The monoisotopic (exact) mass is 262 g/mol. The second-order valence-electron chi connectivity index (χ2n) is 4.98. The minimum atomic E-state index is -0.303. The average Bonchev–Trinajstić information content (AvgIpc) is 3.08. The Hall–Kier alpha value is -1.43. The van der Waals surface area contributed by atoms with Gasteiger partial charge in [-0.05, 0) is 24.6 Å². The number of carbonyl (C=O) groups is 1. The second kappa shape index (κ2) is 5.28. The van der Waals surface area contributed by atoms with Crippen LogP contribution in [0.25, 0.3) is 0 Å². The van der Waals surface area contributed by atoms with Gasteiger partial charge in [-0.15, -0.1) is 0 Å². The molecule has 5 heteroatoms. The van der Waals surface area contributed by atoms with Gasteiger partial charge in [-0.3, -0.25) is 4.79 Å². The molecule has 1 amide bonds. The van der Waals surface area contributed by atoms with E-state index in [0.717, 1.165) is 11.3 Å². The fraction of sp³-hybridized carbons (Fsp3) is 0.500. The van der Waals surface area contributed by atoms with E-state index in [9.17, 15) is 4.79 Å². The van der Waals surface area contributed by atoms with E-state index in [2.05, 4.69) is 0 Å². The van der Waals surface area contributed by atoms with Gasteiger partial charge in [-0.2, -0.15) is 0 Å². The Labute approximate surface area is 112 Å². The van der Waals surface area contributed by atoms with Crippen LogP contribution >= 0.6 is 0 Å². The summed E-state index contributed by atoms with van der Waals surface area (Å²) in [6, 6.07) is 7.79. The van der Waals surface area contributed by atoms with Gasteiger partial charge in [0.2, 0.25) is 5.91 Å². The molecule has 2 N–H and O–H groups in total. The van der Waals surface area contributed by atoms with Gasteiger partial charge < -0.3 is 20.1 Å². The van der Waals surface area contributed by atoms with Gasteiger partial charge in [0.1, 0.15) is 0 Å². The van der Waals surface area contributed by atoms with Crippen molar-refractivity contribution >= 4 is 11.6 Å². The van der Waals surface area contributed by atoms with E-state index in [1.165, 1.54) is 0 Å². The molecule has 1 atom stereocenters. The Balaban J connectivity index is 1.81. The lowest BCUT2D eigenvalue weighted by atomic mass is 10.1. The van der Waals surface area contributed by atoms with Crippen LogP contribution in [0.2, 0.25) is 0 Å². The van der Waals surface area contributed by atoms with Crippen LogP contribution in [0.4, 0.5) is 5.69 Å². The lowest BCUT2D eigenvalue weighted by Crippen LogP contribution is -2.25. The molecule has 2 saturated heterocycles. The van der Waals surface area contributed by atoms with Crippen molar-refractivity contribution in [1.82, 2.24) is 0 Å². The first-order valence-electron chi connectivity index (χ1n) is 6.61. The van der Waals surface area contributed by atoms with E-state index >= 15 is 0 Å². The van der Waals surface area contributed by atoms with E-state index in [0.29, 0.717) is 32.7 Å². The summed E-state index contributed by atoms with van der Waals surface area (Å²) >= 11 is 0. The van der Waals surface area contributed by atoms with Gasteiger partial charge in [-0.25, -0.2) is 0 Å². The number of hydrogen-bond donors (Lipinski definition) is 1. The molecule has 0 aliphatic carbocycles. The zero-order valence-corrected chi connectivity index (χ0v) is 10.7. The first-order valence-corrected chi connectivity index (χ1v) is 6.61. The maximum Gasteiger partial charge on any atom is 0.227 e. The summed E-state index contributed by atoms with van der Waals surface area (Å²) in [5.41, 5.74) is 7.50.